The van der Waals surface area contributed by atoms with Gasteiger partial charge in [0.05, 0.1) is 43.1 Å². The smallest absolute Gasteiger partial charge is 0.245 e. The average molecular weight is 566 g/mol. The molecule has 0 unspecified atom stereocenters. The normalized spacial score (nSPS) is 23.8. The Hall–Kier alpha value is -0.860. The Labute approximate surface area is 187 Å². The molecule has 12 heteroatoms. The zero-order valence-electron chi connectivity index (χ0n) is 15.1. The topological polar surface area (TPSA) is 81.2 Å². The first-order chi connectivity index (χ1) is 13.7. The molecule has 0 aromatic heterocycles. The van der Waals surface area contributed by atoms with E-state index in [0.29, 0.717) is 6.67 Å². The Morgan fingerprint density at radius 3 is 1.17 bits per heavy atom. The predicted octanol–water partition coefficient (Wildman–Crippen LogP) is 2.31. The van der Waals surface area contributed by atoms with E-state index >= 15 is 0 Å². The molecule has 2 fully saturated rings. The molecule has 0 saturated carbocycles. The van der Waals surface area contributed by atoms with Crippen molar-refractivity contribution in [1.29, 1.82) is 0 Å². The summed E-state index contributed by atoms with van der Waals surface area (Å²) in [5.74, 6) is 0. The molecule has 29 heavy (non-hydrogen) atoms. The minimum Gasteiger partial charge on any atom is -0.262 e. The maximum absolute atomic E-state index is 13.0. The summed E-state index contributed by atoms with van der Waals surface area (Å²) < 4.78 is 56.3. The molecule has 0 spiro atoms. The van der Waals surface area contributed by atoms with E-state index in [1.807, 2.05) is 0 Å². The number of hydrogen-bond acceptors (Lipinski definition) is 6. The summed E-state index contributed by atoms with van der Waals surface area (Å²) in [6.07, 6.45) is 0. The zero-order valence-corrected chi connectivity index (χ0v) is 20.0. The third kappa shape index (κ3) is 4.30. The van der Waals surface area contributed by atoms with Gasteiger partial charge in [0.15, 0.2) is 0 Å². The largest absolute Gasteiger partial charge is 0.262 e. The summed E-state index contributed by atoms with van der Waals surface area (Å²) in [7, 11) is -7.35. The Morgan fingerprint density at radius 2 is 0.862 bits per heavy atom. The second kappa shape index (κ2) is 8.00. The molecule has 0 radical (unpaired) electrons. The third-order valence-corrected chi connectivity index (χ3v) is 9.35. The number of rotatable bonds is 4. The molecule has 2 saturated heterocycles. The highest BCUT2D eigenvalue weighted by molar-refractivity contribution is 9.10. The van der Waals surface area contributed by atoms with Gasteiger partial charge in [0, 0.05) is 8.95 Å². The van der Waals surface area contributed by atoms with Crippen LogP contribution in [0.5, 0.6) is 0 Å². The van der Waals surface area contributed by atoms with Gasteiger partial charge >= 0.3 is 0 Å². The number of fused-ring (bicyclic) bond motifs is 2. The maximum Gasteiger partial charge on any atom is 0.245 e. The summed E-state index contributed by atoms with van der Waals surface area (Å²) >= 11 is 6.61. The summed E-state index contributed by atoms with van der Waals surface area (Å²) in [5.41, 5.74) is 0. The second-order valence-corrected chi connectivity index (χ2v) is 12.6. The SMILES string of the molecule is O=S(=O)(c1ccc(Br)cc1)N1CN2CN(C1)CN(S(=O)(=O)c1ccc(Br)cc1)C2. The van der Waals surface area contributed by atoms with Gasteiger partial charge in [-0.2, -0.15) is 8.61 Å². The van der Waals surface area contributed by atoms with E-state index in [-0.39, 0.29) is 36.5 Å². The van der Waals surface area contributed by atoms with Gasteiger partial charge < -0.3 is 0 Å². The molecule has 156 valence electrons. The van der Waals surface area contributed by atoms with Crippen molar-refractivity contribution in [2.45, 2.75) is 9.79 Å². The lowest BCUT2D eigenvalue weighted by Crippen LogP contribution is -2.65. The highest BCUT2D eigenvalue weighted by Crippen LogP contribution is 2.26. The van der Waals surface area contributed by atoms with Gasteiger partial charge in [-0.1, -0.05) is 31.9 Å². The number of nitrogens with zero attached hydrogens (tertiary/aromatic N) is 4. The van der Waals surface area contributed by atoms with Crippen LogP contribution in [0.1, 0.15) is 0 Å². The zero-order chi connectivity index (χ0) is 20.8. The summed E-state index contributed by atoms with van der Waals surface area (Å²) in [6, 6.07) is 13.0. The Balaban J connectivity index is 1.53. The maximum atomic E-state index is 13.0. The van der Waals surface area contributed by atoms with Crippen molar-refractivity contribution in [3.8, 4) is 0 Å². The fraction of sp³-hybridized carbons (Fsp3) is 0.294. The molecule has 8 nitrogen and oxygen atoms in total. The van der Waals surface area contributed by atoms with E-state index < -0.39 is 20.0 Å². The van der Waals surface area contributed by atoms with Crippen LogP contribution in [0, 0.1) is 0 Å². The molecule has 2 heterocycles. The number of halogens is 2. The number of hydrogen-bond donors (Lipinski definition) is 0. The second-order valence-electron chi connectivity index (χ2n) is 6.87. The average Bonchev–Trinajstić information content (AvgIpc) is 2.68. The Morgan fingerprint density at radius 1 is 0.552 bits per heavy atom. The van der Waals surface area contributed by atoms with Crippen LogP contribution in [0.3, 0.4) is 0 Å². The molecule has 0 amide bonds. The van der Waals surface area contributed by atoms with Crippen LogP contribution in [0.2, 0.25) is 0 Å². The summed E-state index contributed by atoms with van der Waals surface area (Å²) in [4.78, 5) is 4.00. The first kappa shape index (κ1) is 21.4. The highest BCUT2D eigenvalue weighted by Gasteiger charge is 2.40. The molecule has 4 rings (SSSR count). The minimum absolute atomic E-state index is 0.126. The molecular formula is C17H18Br2N4O4S2. The van der Waals surface area contributed by atoms with Crippen LogP contribution in [0.4, 0.5) is 0 Å². The minimum atomic E-state index is -3.67. The molecule has 2 aromatic carbocycles. The summed E-state index contributed by atoms with van der Waals surface area (Å²) in [5, 5.41) is 0. The lowest BCUT2D eigenvalue weighted by atomic mass is 10.4. The van der Waals surface area contributed by atoms with E-state index in [9.17, 15) is 16.8 Å². The number of sulfonamides is 2. The van der Waals surface area contributed by atoms with Crippen molar-refractivity contribution in [3.05, 3.63) is 57.5 Å². The van der Waals surface area contributed by atoms with Gasteiger partial charge in [0.2, 0.25) is 20.0 Å². The highest BCUT2D eigenvalue weighted by atomic mass is 79.9. The Bertz CT molecular complexity index is 1010. The van der Waals surface area contributed by atoms with Crippen molar-refractivity contribution >= 4 is 51.9 Å². The fourth-order valence-electron chi connectivity index (χ4n) is 3.35. The van der Waals surface area contributed by atoms with Crippen LogP contribution in [0.25, 0.3) is 0 Å². The van der Waals surface area contributed by atoms with Gasteiger partial charge in [-0.15, -0.1) is 0 Å². The van der Waals surface area contributed by atoms with Crippen LogP contribution >= 0.6 is 31.9 Å². The van der Waals surface area contributed by atoms with Crippen LogP contribution in [0.15, 0.2) is 67.3 Å². The lowest BCUT2D eigenvalue weighted by Gasteiger charge is -2.48. The molecule has 2 bridgehead atoms. The first-order valence-electron chi connectivity index (χ1n) is 8.62. The number of benzene rings is 2. The molecule has 0 N–H and O–H groups in total. The third-order valence-electron chi connectivity index (χ3n) is 4.73. The van der Waals surface area contributed by atoms with Crippen molar-refractivity contribution < 1.29 is 16.8 Å². The standard InChI is InChI=1S/C17H18Br2N4O4S2/c18-14-1-5-16(6-2-14)28(24,25)22-10-20-9-21(11-22)13-23(12-20)29(26,27)17-7-3-15(19)4-8-17/h1-8H,9-13H2. The van der Waals surface area contributed by atoms with Crippen LogP contribution in [-0.4, -0.2) is 68.6 Å². The monoisotopic (exact) mass is 564 g/mol. The van der Waals surface area contributed by atoms with Crippen molar-refractivity contribution in [3.63, 3.8) is 0 Å². The predicted molar refractivity (Wildman–Crippen MR) is 114 cm³/mol. The van der Waals surface area contributed by atoms with Gasteiger partial charge in [0.1, 0.15) is 0 Å². The molecular weight excluding hydrogens is 548 g/mol. The fourth-order valence-corrected chi connectivity index (χ4v) is 6.69. The van der Waals surface area contributed by atoms with E-state index in [1.165, 1.54) is 8.61 Å². The van der Waals surface area contributed by atoms with E-state index in [0.717, 1.165) is 8.95 Å². The Kier molecular flexibility index (Phi) is 5.90. The van der Waals surface area contributed by atoms with Gasteiger partial charge in [-0.3, -0.25) is 9.80 Å². The van der Waals surface area contributed by atoms with Crippen LogP contribution < -0.4 is 0 Å². The molecule has 2 aromatic rings. The molecule has 0 aliphatic carbocycles. The molecule has 2 aliphatic rings. The van der Waals surface area contributed by atoms with Crippen molar-refractivity contribution in [1.82, 2.24) is 18.4 Å². The van der Waals surface area contributed by atoms with Gasteiger partial charge in [-0.25, -0.2) is 16.8 Å². The van der Waals surface area contributed by atoms with Gasteiger partial charge in [0.25, 0.3) is 0 Å². The summed E-state index contributed by atoms with van der Waals surface area (Å²) in [6.45, 7) is 1.02. The van der Waals surface area contributed by atoms with E-state index in [1.54, 1.807) is 58.3 Å². The van der Waals surface area contributed by atoms with Crippen molar-refractivity contribution in [2.24, 2.45) is 0 Å². The molecule has 0 atom stereocenters. The quantitative estimate of drug-likeness (QED) is 0.566. The van der Waals surface area contributed by atoms with Crippen LogP contribution in [-0.2, 0) is 20.0 Å². The molecule has 2 aliphatic heterocycles. The van der Waals surface area contributed by atoms with Gasteiger partial charge in [-0.05, 0) is 48.5 Å². The van der Waals surface area contributed by atoms with E-state index in [2.05, 4.69) is 31.9 Å². The first-order valence-corrected chi connectivity index (χ1v) is 13.1. The van der Waals surface area contributed by atoms with E-state index in [4.69, 9.17) is 0 Å². The lowest BCUT2D eigenvalue weighted by molar-refractivity contribution is -0.0670. The van der Waals surface area contributed by atoms with Crippen molar-refractivity contribution in [2.75, 3.05) is 33.3 Å².